The average Bonchev–Trinajstić information content (AvgIpc) is 2.45. The number of aromatic amines is 1. The van der Waals surface area contributed by atoms with Crippen molar-refractivity contribution in [2.45, 2.75) is 39.4 Å². The molecular weight excluding hydrogens is 280 g/mol. The molecule has 0 radical (unpaired) electrons. The van der Waals surface area contributed by atoms with E-state index in [-0.39, 0.29) is 23.6 Å². The summed E-state index contributed by atoms with van der Waals surface area (Å²) in [6, 6.07) is 7.13. The number of quaternary nitrogens is 1. The van der Waals surface area contributed by atoms with E-state index in [1.807, 2.05) is 46.0 Å². The number of nitrogens with one attached hydrogen (secondary N) is 3. The van der Waals surface area contributed by atoms with E-state index in [0.717, 1.165) is 4.90 Å². The fraction of sp³-hybridized carbons (Fsp3) is 0.438. The number of rotatable bonds is 5. The molecule has 3 N–H and O–H groups in total. The average molecular weight is 303 g/mol. The summed E-state index contributed by atoms with van der Waals surface area (Å²) in [5.41, 5.74) is 0.529. The van der Waals surface area contributed by atoms with Gasteiger partial charge in [-0.05, 0) is 32.9 Å². The number of fused-ring (bicyclic) bond motifs is 1. The molecule has 6 nitrogen and oxygen atoms in total. The Hall–Kier alpha value is -2.21. The molecule has 118 valence electrons. The molecule has 0 aliphatic rings. The molecule has 22 heavy (non-hydrogen) atoms. The Kier molecular flexibility index (Phi) is 4.92. The smallest absolute Gasteiger partial charge is 0.278 e. The third-order valence-electron chi connectivity index (χ3n) is 3.67. The van der Waals surface area contributed by atoms with Crippen molar-refractivity contribution in [2.75, 3.05) is 7.05 Å². The number of carbonyl (C=O) groups excluding carboxylic acids is 1. The van der Waals surface area contributed by atoms with Crippen LogP contribution in [0.2, 0.25) is 0 Å². The van der Waals surface area contributed by atoms with Gasteiger partial charge in [-0.3, -0.25) is 9.59 Å². The van der Waals surface area contributed by atoms with Gasteiger partial charge in [-0.2, -0.15) is 0 Å². The lowest BCUT2D eigenvalue weighted by Gasteiger charge is -2.21. The number of amides is 1. The van der Waals surface area contributed by atoms with Crippen molar-refractivity contribution in [1.82, 2.24) is 15.3 Å². The van der Waals surface area contributed by atoms with Crippen molar-refractivity contribution in [3.05, 3.63) is 40.4 Å². The zero-order chi connectivity index (χ0) is 16.3. The summed E-state index contributed by atoms with van der Waals surface area (Å²) in [4.78, 5) is 32.3. The molecule has 0 fully saturated rings. The first-order valence-corrected chi connectivity index (χ1v) is 7.49. The van der Waals surface area contributed by atoms with E-state index >= 15 is 0 Å². The molecule has 0 bridgehead atoms. The number of hydrogen-bond donors (Lipinski definition) is 3. The largest absolute Gasteiger partial charge is 0.349 e. The van der Waals surface area contributed by atoms with Crippen LogP contribution in [0.15, 0.2) is 29.1 Å². The van der Waals surface area contributed by atoms with Crippen LogP contribution >= 0.6 is 0 Å². The fourth-order valence-electron chi connectivity index (χ4n) is 2.27. The summed E-state index contributed by atoms with van der Waals surface area (Å²) in [5.74, 6) is 0.584. The molecule has 6 heteroatoms. The zero-order valence-corrected chi connectivity index (χ0v) is 13.4. The first-order chi connectivity index (χ1) is 10.4. The molecule has 0 spiro atoms. The molecule has 2 atom stereocenters. The zero-order valence-electron chi connectivity index (χ0n) is 13.4. The number of hydrogen-bond acceptors (Lipinski definition) is 3. The van der Waals surface area contributed by atoms with Crippen LogP contribution in [0.5, 0.6) is 0 Å². The van der Waals surface area contributed by atoms with Gasteiger partial charge in [0.2, 0.25) is 0 Å². The molecule has 2 aromatic rings. The lowest BCUT2D eigenvalue weighted by molar-refractivity contribution is -0.908. The number of carbonyl (C=O) groups is 1. The predicted octanol–water partition coefficient (Wildman–Crippen LogP) is -0.149. The van der Waals surface area contributed by atoms with Crippen LogP contribution in [-0.2, 0) is 11.3 Å². The van der Waals surface area contributed by atoms with E-state index in [4.69, 9.17) is 0 Å². The first-order valence-electron chi connectivity index (χ1n) is 7.49. The highest BCUT2D eigenvalue weighted by Gasteiger charge is 2.23. The van der Waals surface area contributed by atoms with Crippen LogP contribution in [0, 0.1) is 0 Å². The highest BCUT2D eigenvalue weighted by Crippen LogP contribution is 2.04. The number of para-hydroxylation sites is 1. The van der Waals surface area contributed by atoms with Gasteiger partial charge >= 0.3 is 0 Å². The van der Waals surface area contributed by atoms with E-state index in [2.05, 4.69) is 15.3 Å². The number of likely N-dealkylation sites (N-methyl/N-ethyl adjacent to an activating group) is 1. The number of benzene rings is 1. The van der Waals surface area contributed by atoms with E-state index in [0.29, 0.717) is 23.3 Å². The van der Waals surface area contributed by atoms with E-state index < -0.39 is 0 Å². The van der Waals surface area contributed by atoms with Crippen LogP contribution in [0.3, 0.4) is 0 Å². The Labute approximate surface area is 129 Å². The van der Waals surface area contributed by atoms with Crippen LogP contribution in [-0.4, -0.2) is 35.0 Å². The van der Waals surface area contributed by atoms with Gasteiger partial charge in [-0.25, -0.2) is 4.98 Å². The Morgan fingerprint density at radius 2 is 2.00 bits per heavy atom. The van der Waals surface area contributed by atoms with Gasteiger partial charge in [-0.1, -0.05) is 12.1 Å². The maximum absolute atomic E-state index is 12.0. The van der Waals surface area contributed by atoms with E-state index in [1.165, 1.54) is 0 Å². The summed E-state index contributed by atoms with van der Waals surface area (Å²) < 4.78 is 0. The summed E-state index contributed by atoms with van der Waals surface area (Å²) in [5, 5.41) is 3.48. The van der Waals surface area contributed by atoms with Gasteiger partial charge < -0.3 is 15.2 Å². The van der Waals surface area contributed by atoms with Crippen molar-refractivity contribution in [1.29, 1.82) is 0 Å². The third kappa shape index (κ3) is 3.71. The second-order valence-electron chi connectivity index (χ2n) is 5.94. The maximum atomic E-state index is 12.0. The van der Waals surface area contributed by atoms with Crippen LogP contribution in [0.1, 0.15) is 26.6 Å². The number of nitrogens with zero attached hydrogens (tertiary/aromatic N) is 1. The summed E-state index contributed by atoms with van der Waals surface area (Å²) in [6.07, 6.45) is 0. The molecule has 0 aliphatic heterocycles. The monoisotopic (exact) mass is 303 g/mol. The molecule has 1 aromatic carbocycles. The van der Waals surface area contributed by atoms with Gasteiger partial charge in [0.1, 0.15) is 6.54 Å². The van der Waals surface area contributed by atoms with Crippen molar-refractivity contribution in [3.8, 4) is 0 Å². The second kappa shape index (κ2) is 6.70. The molecular formula is C16H23N4O2+. The van der Waals surface area contributed by atoms with Crippen LogP contribution < -0.4 is 15.8 Å². The lowest BCUT2D eigenvalue weighted by Crippen LogP contribution is -3.12. The molecule has 1 aromatic heterocycles. The highest BCUT2D eigenvalue weighted by molar-refractivity contribution is 5.80. The SMILES string of the molecule is CC(C)NC(=O)[C@@H](C)[NH+](C)Cc1nc2ccccc2c(=O)[nH]1. The minimum Gasteiger partial charge on any atom is -0.349 e. The number of H-pyrrole nitrogens is 1. The van der Waals surface area contributed by atoms with Crippen LogP contribution in [0.4, 0.5) is 0 Å². The lowest BCUT2D eigenvalue weighted by atomic mass is 10.2. The summed E-state index contributed by atoms with van der Waals surface area (Å²) in [6.45, 7) is 6.21. The molecule has 1 amide bonds. The normalized spacial score (nSPS) is 14.0. The van der Waals surface area contributed by atoms with Gasteiger partial charge in [0.05, 0.1) is 18.0 Å². The van der Waals surface area contributed by atoms with Crippen molar-refractivity contribution in [2.24, 2.45) is 0 Å². The second-order valence-corrected chi connectivity index (χ2v) is 5.94. The van der Waals surface area contributed by atoms with E-state index in [9.17, 15) is 9.59 Å². The highest BCUT2D eigenvalue weighted by atomic mass is 16.2. The molecule has 1 unspecified atom stereocenters. The predicted molar refractivity (Wildman–Crippen MR) is 85.7 cm³/mol. The Balaban J connectivity index is 2.16. The van der Waals surface area contributed by atoms with Crippen LogP contribution in [0.25, 0.3) is 10.9 Å². The number of aromatic nitrogens is 2. The quantitative estimate of drug-likeness (QED) is 0.719. The molecule has 1 heterocycles. The Morgan fingerprint density at radius 3 is 2.68 bits per heavy atom. The molecule has 0 saturated heterocycles. The van der Waals surface area contributed by atoms with Crippen molar-refractivity contribution < 1.29 is 9.69 Å². The maximum Gasteiger partial charge on any atom is 0.278 e. The first kappa shape index (κ1) is 16.2. The molecule has 0 saturated carbocycles. The Morgan fingerprint density at radius 1 is 1.32 bits per heavy atom. The fourth-order valence-corrected chi connectivity index (χ4v) is 2.27. The summed E-state index contributed by atoms with van der Waals surface area (Å²) in [7, 11) is 1.92. The minimum atomic E-state index is -0.223. The molecule has 2 rings (SSSR count). The van der Waals surface area contributed by atoms with Gasteiger partial charge in [-0.15, -0.1) is 0 Å². The topological polar surface area (TPSA) is 79.3 Å². The van der Waals surface area contributed by atoms with E-state index in [1.54, 1.807) is 6.07 Å². The van der Waals surface area contributed by atoms with Gasteiger partial charge in [0, 0.05) is 6.04 Å². The van der Waals surface area contributed by atoms with Crippen molar-refractivity contribution >= 4 is 16.8 Å². The minimum absolute atomic E-state index is 0.00404. The van der Waals surface area contributed by atoms with Gasteiger partial charge in [0.15, 0.2) is 11.9 Å². The van der Waals surface area contributed by atoms with Gasteiger partial charge in [0.25, 0.3) is 11.5 Å². The molecule has 0 aliphatic carbocycles. The Bertz CT molecular complexity index is 723. The standard InChI is InChI=1S/C16H22N4O2/c1-10(2)17-15(21)11(3)20(4)9-14-18-13-8-6-5-7-12(13)16(22)19-14/h5-8,10-11H,9H2,1-4H3,(H,17,21)(H,18,19,22)/p+1/t11-/m1/s1. The van der Waals surface area contributed by atoms with Crippen molar-refractivity contribution in [3.63, 3.8) is 0 Å². The third-order valence-corrected chi connectivity index (χ3v) is 3.67. The summed E-state index contributed by atoms with van der Waals surface area (Å²) >= 11 is 0.